The zero-order chi connectivity index (χ0) is 15.2. The lowest BCUT2D eigenvalue weighted by Crippen LogP contribution is -2.26. The molecule has 0 spiro atoms. The maximum Gasteiger partial charge on any atom is 0.253 e. The van der Waals surface area contributed by atoms with Crippen LogP contribution in [0.25, 0.3) is 0 Å². The lowest BCUT2D eigenvalue weighted by Gasteiger charge is -2.11. The van der Waals surface area contributed by atoms with E-state index in [0.29, 0.717) is 0 Å². The van der Waals surface area contributed by atoms with E-state index in [1.54, 1.807) is 6.20 Å². The molecular weight excluding hydrogens is 271 g/mol. The summed E-state index contributed by atoms with van der Waals surface area (Å²) >= 11 is 0. The van der Waals surface area contributed by atoms with Crippen LogP contribution < -0.4 is 16.6 Å². The number of pyridine rings is 1. The van der Waals surface area contributed by atoms with Crippen LogP contribution in [0, 0.1) is 5.82 Å². The number of rotatable bonds is 5. The smallest absolute Gasteiger partial charge is 0.253 e. The third-order valence-electron chi connectivity index (χ3n) is 3.18. The van der Waals surface area contributed by atoms with Gasteiger partial charge in [-0.05, 0) is 30.2 Å². The quantitative estimate of drug-likeness (QED) is 0.580. The highest BCUT2D eigenvalue weighted by molar-refractivity contribution is 5.99. The van der Waals surface area contributed by atoms with E-state index < -0.39 is 11.7 Å². The number of para-hydroxylation sites is 1. The Morgan fingerprint density at radius 2 is 2.14 bits per heavy atom. The van der Waals surface area contributed by atoms with Gasteiger partial charge in [-0.25, -0.2) is 4.39 Å². The first kappa shape index (κ1) is 14.9. The van der Waals surface area contributed by atoms with E-state index in [4.69, 9.17) is 5.84 Å². The second-order valence-electron chi connectivity index (χ2n) is 4.45. The van der Waals surface area contributed by atoms with Gasteiger partial charge in [0.25, 0.3) is 5.91 Å². The predicted molar refractivity (Wildman–Crippen MR) is 79.0 cm³/mol. The molecule has 6 heteroatoms. The highest BCUT2D eigenvalue weighted by Crippen LogP contribution is 2.18. The maximum absolute atomic E-state index is 13.6. The number of carbonyl (C=O) groups is 1. The fourth-order valence-electron chi connectivity index (χ4n) is 2.07. The van der Waals surface area contributed by atoms with E-state index >= 15 is 0 Å². The summed E-state index contributed by atoms with van der Waals surface area (Å²) < 4.78 is 13.6. The van der Waals surface area contributed by atoms with Gasteiger partial charge in [-0.2, -0.15) is 0 Å². The van der Waals surface area contributed by atoms with Crippen LogP contribution in [-0.4, -0.2) is 10.9 Å². The molecule has 4 N–H and O–H groups in total. The topological polar surface area (TPSA) is 80.0 Å². The van der Waals surface area contributed by atoms with E-state index in [1.807, 2.05) is 19.1 Å². The molecule has 21 heavy (non-hydrogen) atoms. The number of nitrogens with two attached hydrogens (primary N) is 1. The molecule has 0 radical (unpaired) electrons. The molecule has 2 aromatic rings. The lowest BCUT2D eigenvalue weighted by molar-refractivity contribution is 0.0950. The predicted octanol–water partition coefficient (Wildman–Crippen LogP) is 2.00. The van der Waals surface area contributed by atoms with Gasteiger partial charge in [-0.15, -0.1) is 0 Å². The molecule has 1 aromatic heterocycles. The molecule has 0 bridgehead atoms. The number of aromatic nitrogens is 1. The monoisotopic (exact) mass is 288 g/mol. The van der Waals surface area contributed by atoms with Crippen molar-refractivity contribution in [3.05, 3.63) is 59.2 Å². The number of benzene rings is 1. The molecule has 0 aliphatic heterocycles. The molecule has 0 aliphatic carbocycles. The van der Waals surface area contributed by atoms with E-state index in [1.165, 1.54) is 18.2 Å². The van der Waals surface area contributed by atoms with Crippen LogP contribution in [-0.2, 0) is 13.0 Å². The number of carbonyl (C=O) groups excluding carboxylic acids is 1. The van der Waals surface area contributed by atoms with Crippen molar-refractivity contribution in [1.82, 2.24) is 10.3 Å². The van der Waals surface area contributed by atoms with Crippen molar-refractivity contribution in [3.63, 3.8) is 0 Å². The fourth-order valence-corrected chi connectivity index (χ4v) is 2.07. The van der Waals surface area contributed by atoms with Crippen LogP contribution in [0.4, 0.5) is 10.1 Å². The summed E-state index contributed by atoms with van der Waals surface area (Å²) in [6.07, 6.45) is 2.50. The van der Waals surface area contributed by atoms with Crippen molar-refractivity contribution >= 4 is 11.6 Å². The summed E-state index contributed by atoms with van der Waals surface area (Å²) in [7, 11) is 0. The van der Waals surface area contributed by atoms with Crippen LogP contribution in [0.1, 0.15) is 28.5 Å². The van der Waals surface area contributed by atoms with Crippen LogP contribution in [0.15, 0.2) is 36.5 Å². The highest BCUT2D eigenvalue weighted by Gasteiger charge is 2.14. The number of amides is 1. The molecule has 0 saturated carbocycles. The Hall–Kier alpha value is -2.47. The van der Waals surface area contributed by atoms with Gasteiger partial charge in [0.1, 0.15) is 5.82 Å². The molecule has 1 aromatic carbocycles. The van der Waals surface area contributed by atoms with Gasteiger partial charge in [0.15, 0.2) is 0 Å². The van der Waals surface area contributed by atoms with Crippen molar-refractivity contribution in [2.75, 3.05) is 5.43 Å². The summed E-state index contributed by atoms with van der Waals surface area (Å²) in [6, 6.07) is 8.02. The Kier molecular flexibility index (Phi) is 4.84. The maximum atomic E-state index is 13.6. The van der Waals surface area contributed by atoms with Gasteiger partial charge in [0, 0.05) is 6.20 Å². The number of aryl methyl sites for hydroxylation is 1. The molecule has 2 rings (SSSR count). The van der Waals surface area contributed by atoms with Crippen molar-refractivity contribution in [2.24, 2.45) is 5.84 Å². The molecule has 1 amide bonds. The van der Waals surface area contributed by atoms with Crippen LogP contribution in [0.5, 0.6) is 0 Å². The number of hydrazine groups is 1. The summed E-state index contributed by atoms with van der Waals surface area (Å²) in [5.41, 5.74) is 4.21. The zero-order valence-corrected chi connectivity index (χ0v) is 11.7. The second kappa shape index (κ2) is 6.81. The number of nitrogens with one attached hydrogen (secondary N) is 2. The summed E-state index contributed by atoms with van der Waals surface area (Å²) in [4.78, 5) is 16.4. The lowest BCUT2D eigenvalue weighted by atomic mass is 10.1. The largest absolute Gasteiger partial charge is 0.346 e. The Morgan fingerprint density at radius 3 is 2.86 bits per heavy atom. The minimum absolute atomic E-state index is 0.0215. The standard InChI is InChI=1S/C15H17FN4O/c1-2-10-5-4-8-18-13(10)9-19-15(21)11-6-3-7-12(16)14(11)20-17/h3-8,20H,2,9,17H2,1H3,(H,19,21). The number of anilines is 1. The Morgan fingerprint density at radius 1 is 1.33 bits per heavy atom. The molecule has 110 valence electrons. The van der Waals surface area contributed by atoms with Gasteiger partial charge in [0.05, 0.1) is 23.5 Å². The summed E-state index contributed by atoms with van der Waals surface area (Å²) in [5, 5.41) is 2.73. The molecule has 0 atom stereocenters. The van der Waals surface area contributed by atoms with Crippen LogP contribution in [0.3, 0.4) is 0 Å². The normalized spacial score (nSPS) is 10.2. The van der Waals surface area contributed by atoms with Gasteiger partial charge < -0.3 is 10.7 Å². The average molecular weight is 288 g/mol. The Balaban J connectivity index is 2.14. The number of nitrogen functional groups attached to an aromatic ring is 1. The fraction of sp³-hybridized carbons (Fsp3) is 0.200. The van der Waals surface area contributed by atoms with Gasteiger partial charge in [-0.3, -0.25) is 15.6 Å². The molecular formula is C15H17FN4O. The number of hydrogen-bond donors (Lipinski definition) is 3. The molecule has 5 nitrogen and oxygen atoms in total. The zero-order valence-electron chi connectivity index (χ0n) is 11.7. The summed E-state index contributed by atoms with van der Waals surface area (Å²) in [6.45, 7) is 2.30. The second-order valence-corrected chi connectivity index (χ2v) is 4.45. The van der Waals surface area contributed by atoms with Gasteiger partial charge >= 0.3 is 0 Å². The average Bonchev–Trinajstić information content (AvgIpc) is 2.52. The van der Waals surface area contributed by atoms with Crippen molar-refractivity contribution in [3.8, 4) is 0 Å². The number of nitrogens with zero attached hydrogens (tertiary/aromatic N) is 1. The minimum atomic E-state index is -0.572. The number of hydrogen-bond acceptors (Lipinski definition) is 4. The van der Waals surface area contributed by atoms with Crippen molar-refractivity contribution in [1.29, 1.82) is 0 Å². The minimum Gasteiger partial charge on any atom is -0.346 e. The van der Waals surface area contributed by atoms with E-state index in [9.17, 15) is 9.18 Å². The molecule has 0 saturated heterocycles. The van der Waals surface area contributed by atoms with Crippen molar-refractivity contribution in [2.45, 2.75) is 19.9 Å². The van der Waals surface area contributed by atoms with Gasteiger partial charge in [-0.1, -0.05) is 19.1 Å². The van der Waals surface area contributed by atoms with Crippen LogP contribution in [0.2, 0.25) is 0 Å². The van der Waals surface area contributed by atoms with Crippen molar-refractivity contribution < 1.29 is 9.18 Å². The van der Waals surface area contributed by atoms with E-state index in [-0.39, 0.29) is 17.8 Å². The first-order valence-electron chi connectivity index (χ1n) is 6.63. The Bertz CT molecular complexity index is 645. The van der Waals surface area contributed by atoms with Gasteiger partial charge in [0.2, 0.25) is 0 Å². The molecule has 0 aliphatic rings. The third-order valence-corrected chi connectivity index (χ3v) is 3.18. The molecule has 0 fully saturated rings. The Labute approximate surface area is 122 Å². The van der Waals surface area contributed by atoms with Crippen LogP contribution >= 0.6 is 0 Å². The molecule has 0 unspecified atom stereocenters. The van der Waals surface area contributed by atoms with E-state index in [2.05, 4.69) is 15.7 Å². The first-order valence-corrected chi connectivity index (χ1v) is 6.63. The highest BCUT2D eigenvalue weighted by atomic mass is 19.1. The SMILES string of the molecule is CCc1cccnc1CNC(=O)c1cccc(F)c1NN. The summed E-state index contributed by atoms with van der Waals surface area (Å²) in [5.74, 6) is 4.28. The first-order chi connectivity index (χ1) is 10.2. The van der Waals surface area contributed by atoms with E-state index in [0.717, 1.165) is 17.7 Å². The molecule has 1 heterocycles. The number of halogens is 1. The third kappa shape index (κ3) is 3.35.